The van der Waals surface area contributed by atoms with Crippen LogP contribution in [0.3, 0.4) is 0 Å². The van der Waals surface area contributed by atoms with Crippen molar-refractivity contribution in [3.63, 3.8) is 0 Å². The molecule has 1 heterocycles. The van der Waals surface area contributed by atoms with E-state index in [9.17, 15) is 4.79 Å². The summed E-state index contributed by atoms with van der Waals surface area (Å²) in [7, 11) is 1.63. The van der Waals surface area contributed by atoms with Gasteiger partial charge in [-0.2, -0.15) is 0 Å². The predicted octanol–water partition coefficient (Wildman–Crippen LogP) is 4.63. The van der Waals surface area contributed by atoms with Crippen LogP contribution in [-0.4, -0.2) is 19.1 Å². The maximum Gasteiger partial charge on any atom is 0.255 e. The molecule has 0 spiro atoms. The van der Waals surface area contributed by atoms with Crippen molar-refractivity contribution >= 4 is 5.91 Å². The number of rotatable bonds is 6. The van der Waals surface area contributed by atoms with Crippen LogP contribution in [0.1, 0.15) is 60.4 Å². The number of aryl methyl sites for hydroxylation is 1. The van der Waals surface area contributed by atoms with Crippen LogP contribution in [0, 0.1) is 6.92 Å². The first-order valence-electron chi connectivity index (χ1n) is 9.32. The van der Waals surface area contributed by atoms with Crippen molar-refractivity contribution in [3.05, 3.63) is 47.4 Å². The van der Waals surface area contributed by atoms with Crippen LogP contribution in [0.15, 0.2) is 34.7 Å². The highest BCUT2D eigenvalue weighted by molar-refractivity contribution is 5.95. The minimum Gasteiger partial charge on any atom is -0.497 e. The molecule has 3 rings (SSSR count). The molecule has 1 saturated carbocycles. The van der Waals surface area contributed by atoms with E-state index in [1.807, 2.05) is 31.2 Å². The predicted molar refractivity (Wildman–Crippen MR) is 99.7 cm³/mol. The summed E-state index contributed by atoms with van der Waals surface area (Å²) in [4.78, 5) is 12.6. The van der Waals surface area contributed by atoms with E-state index in [0.717, 1.165) is 24.3 Å². The zero-order chi connectivity index (χ0) is 18.4. The second kappa shape index (κ2) is 8.79. The number of methoxy groups -OCH3 is 1. The van der Waals surface area contributed by atoms with E-state index in [-0.39, 0.29) is 18.6 Å². The molecule has 1 aliphatic carbocycles. The summed E-state index contributed by atoms with van der Waals surface area (Å²) >= 11 is 0. The van der Waals surface area contributed by atoms with Gasteiger partial charge in [-0.15, -0.1) is 0 Å². The van der Waals surface area contributed by atoms with Gasteiger partial charge in [-0.25, -0.2) is 0 Å². The molecule has 140 valence electrons. The largest absolute Gasteiger partial charge is 0.497 e. The van der Waals surface area contributed by atoms with E-state index in [2.05, 4.69) is 5.32 Å². The molecule has 2 aromatic rings. The summed E-state index contributed by atoms with van der Waals surface area (Å²) in [6.07, 6.45) is 7.05. The average Bonchev–Trinajstić information content (AvgIpc) is 2.85. The number of ether oxygens (including phenoxy) is 2. The highest BCUT2D eigenvalue weighted by atomic mass is 16.5. The van der Waals surface area contributed by atoms with E-state index in [4.69, 9.17) is 13.9 Å². The number of hydrogen-bond acceptors (Lipinski definition) is 4. The van der Waals surface area contributed by atoms with Crippen molar-refractivity contribution < 1.29 is 18.7 Å². The van der Waals surface area contributed by atoms with Gasteiger partial charge in [0.15, 0.2) is 0 Å². The Hall–Kier alpha value is -2.43. The van der Waals surface area contributed by atoms with E-state index < -0.39 is 0 Å². The molecule has 1 amide bonds. The van der Waals surface area contributed by atoms with Gasteiger partial charge < -0.3 is 19.2 Å². The Morgan fingerprint density at radius 2 is 1.77 bits per heavy atom. The first-order valence-corrected chi connectivity index (χ1v) is 9.32. The third-order valence-electron chi connectivity index (χ3n) is 4.84. The van der Waals surface area contributed by atoms with Gasteiger partial charge in [-0.05, 0) is 50.1 Å². The van der Waals surface area contributed by atoms with Gasteiger partial charge in [0.25, 0.3) is 5.91 Å². The molecule has 1 aromatic heterocycles. The molecule has 1 fully saturated rings. The molecule has 1 aromatic carbocycles. The molecule has 0 unspecified atom stereocenters. The number of amides is 1. The van der Waals surface area contributed by atoms with Crippen LogP contribution in [0.2, 0.25) is 0 Å². The zero-order valence-electron chi connectivity index (χ0n) is 15.5. The minimum absolute atomic E-state index is 0.0474. The SMILES string of the molecule is COc1ccc(OCc2cc(C(=O)NC3CCCCCC3)c(C)o2)cc1. The maximum absolute atomic E-state index is 12.6. The normalized spacial score (nSPS) is 15.3. The molecule has 0 radical (unpaired) electrons. The summed E-state index contributed by atoms with van der Waals surface area (Å²) < 4.78 is 16.6. The van der Waals surface area contributed by atoms with Crippen molar-refractivity contribution in [1.29, 1.82) is 0 Å². The molecular weight excluding hydrogens is 330 g/mol. The van der Waals surface area contributed by atoms with Crippen molar-refractivity contribution in [2.24, 2.45) is 0 Å². The molecule has 26 heavy (non-hydrogen) atoms. The first-order chi connectivity index (χ1) is 12.7. The van der Waals surface area contributed by atoms with Crippen LogP contribution in [-0.2, 0) is 6.61 Å². The van der Waals surface area contributed by atoms with Gasteiger partial charge in [0.05, 0.1) is 12.7 Å². The minimum atomic E-state index is -0.0474. The Kier molecular flexibility index (Phi) is 6.21. The molecule has 0 bridgehead atoms. The fourth-order valence-electron chi connectivity index (χ4n) is 3.35. The van der Waals surface area contributed by atoms with Crippen LogP contribution >= 0.6 is 0 Å². The summed E-state index contributed by atoms with van der Waals surface area (Å²) in [5, 5.41) is 3.16. The lowest BCUT2D eigenvalue weighted by Crippen LogP contribution is -2.34. The van der Waals surface area contributed by atoms with E-state index in [0.29, 0.717) is 17.1 Å². The quantitative estimate of drug-likeness (QED) is 0.766. The lowest BCUT2D eigenvalue weighted by molar-refractivity contribution is 0.0932. The summed E-state index contributed by atoms with van der Waals surface area (Å²) in [5.74, 6) is 2.73. The van der Waals surface area contributed by atoms with Gasteiger partial charge >= 0.3 is 0 Å². The van der Waals surface area contributed by atoms with Crippen LogP contribution in [0.5, 0.6) is 11.5 Å². The molecule has 0 saturated heterocycles. The molecule has 0 aliphatic heterocycles. The number of furan rings is 1. The Labute approximate surface area is 154 Å². The van der Waals surface area contributed by atoms with Gasteiger partial charge in [0.2, 0.25) is 0 Å². The van der Waals surface area contributed by atoms with Gasteiger partial charge in [-0.1, -0.05) is 25.7 Å². The zero-order valence-corrected chi connectivity index (χ0v) is 15.5. The molecule has 5 nitrogen and oxygen atoms in total. The maximum atomic E-state index is 12.6. The van der Waals surface area contributed by atoms with Crippen LogP contribution in [0.25, 0.3) is 0 Å². The standard InChI is InChI=1S/C21H27NO4/c1-15-20(21(23)22-16-7-5-3-4-6-8-16)13-19(26-15)14-25-18-11-9-17(24-2)10-12-18/h9-13,16H,3-8,14H2,1-2H3,(H,22,23). The number of benzene rings is 1. The van der Waals surface area contributed by atoms with Crippen molar-refractivity contribution in [2.75, 3.05) is 7.11 Å². The second-order valence-electron chi connectivity index (χ2n) is 6.81. The Bertz CT molecular complexity index is 712. The lowest BCUT2D eigenvalue weighted by atomic mass is 10.1. The molecule has 0 atom stereocenters. The lowest BCUT2D eigenvalue weighted by Gasteiger charge is -2.15. The molecule has 5 heteroatoms. The fraction of sp³-hybridized carbons (Fsp3) is 0.476. The topological polar surface area (TPSA) is 60.7 Å². The highest BCUT2D eigenvalue weighted by Gasteiger charge is 2.19. The highest BCUT2D eigenvalue weighted by Crippen LogP contribution is 2.22. The number of carbonyl (C=O) groups excluding carboxylic acids is 1. The monoisotopic (exact) mass is 357 g/mol. The number of nitrogens with one attached hydrogen (secondary N) is 1. The number of hydrogen-bond donors (Lipinski definition) is 1. The molecular formula is C21H27NO4. The average molecular weight is 357 g/mol. The van der Waals surface area contributed by atoms with E-state index in [1.54, 1.807) is 13.2 Å². The van der Waals surface area contributed by atoms with E-state index in [1.165, 1.54) is 25.7 Å². The van der Waals surface area contributed by atoms with Crippen molar-refractivity contribution in [1.82, 2.24) is 5.32 Å². The second-order valence-corrected chi connectivity index (χ2v) is 6.81. The van der Waals surface area contributed by atoms with Crippen LogP contribution in [0.4, 0.5) is 0 Å². The summed E-state index contributed by atoms with van der Waals surface area (Å²) in [6, 6.07) is 9.43. The van der Waals surface area contributed by atoms with E-state index >= 15 is 0 Å². The fourth-order valence-corrected chi connectivity index (χ4v) is 3.35. The number of carbonyl (C=O) groups is 1. The van der Waals surface area contributed by atoms with Gasteiger partial charge in [0, 0.05) is 6.04 Å². The third-order valence-corrected chi connectivity index (χ3v) is 4.84. The third kappa shape index (κ3) is 4.81. The van der Waals surface area contributed by atoms with Gasteiger partial charge in [-0.3, -0.25) is 4.79 Å². The first kappa shape index (κ1) is 18.4. The summed E-state index contributed by atoms with van der Waals surface area (Å²) in [6.45, 7) is 2.10. The molecule has 1 aliphatic rings. The van der Waals surface area contributed by atoms with Crippen molar-refractivity contribution in [2.45, 2.75) is 58.1 Å². The Morgan fingerprint density at radius 3 is 2.42 bits per heavy atom. The molecule has 1 N–H and O–H groups in total. The van der Waals surface area contributed by atoms with Crippen LogP contribution < -0.4 is 14.8 Å². The van der Waals surface area contributed by atoms with Crippen molar-refractivity contribution in [3.8, 4) is 11.5 Å². The van der Waals surface area contributed by atoms with Gasteiger partial charge in [0.1, 0.15) is 29.6 Å². The summed E-state index contributed by atoms with van der Waals surface area (Å²) in [5.41, 5.74) is 0.600. The Balaban J connectivity index is 1.57. The Morgan fingerprint density at radius 1 is 1.12 bits per heavy atom. The smallest absolute Gasteiger partial charge is 0.255 e.